The SMILES string of the molecule is NCC1(c2cc(F)c(F)cc2C=O)CC1. The normalized spacial score (nSPS) is 17.5. The second-order valence-corrected chi connectivity index (χ2v) is 3.96. The minimum Gasteiger partial charge on any atom is -0.330 e. The van der Waals surface area contributed by atoms with E-state index in [0.717, 1.165) is 25.0 Å². The van der Waals surface area contributed by atoms with Crippen LogP contribution in [0.2, 0.25) is 0 Å². The number of rotatable bonds is 3. The predicted molar refractivity (Wildman–Crippen MR) is 51.7 cm³/mol. The molecular formula is C11H11F2NO. The molecule has 0 aliphatic heterocycles. The molecule has 1 aromatic rings. The molecule has 15 heavy (non-hydrogen) atoms. The average Bonchev–Trinajstić information content (AvgIpc) is 3.02. The standard InChI is InChI=1S/C11H11F2NO/c12-9-3-7(5-15)8(4-10(9)13)11(6-14)1-2-11/h3-5H,1-2,6,14H2. The Kier molecular flexibility index (Phi) is 2.31. The van der Waals surface area contributed by atoms with Gasteiger partial charge in [-0.2, -0.15) is 0 Å². The number of carbonyl (C=O) groups is 1. The van der Waals surface area contributed by atoms with Gasteiger partial charge in [0.1, 0.15) is 6.29 Å². The van der Waals surface area contributed by atoms with Gasteiger partial charge in [-0.15, -0.1) is 0 Å². The Labute approximate surface area is 86.1 Å². The second kappa shape index (κ2) is 3.38. The summed E-state index contributed by atoms with van der Waals surface area (Å²) in [5, 5.41) is 0. The Balaban J connectivity index is 2.55. The van der Waals surface area contributed by atoms with Crippen molar-refractivity contribution in [1.82, 2.24) is 0 Å². The molecule has 0 aromatic heterocycles. The maximum Gasteiger partial charge on any atom is 0.159 e. The molecule has 0 unspecified atom stereocenters. The molecule has 0 bridgehead atoms. The molecule has 0 radical (unpaired) electrons. The molecule has 0 amide bonds. The van der Waals surface area contributed by atoms with Gasteiger partial charge in [-0.25, -0.2) is 8.78 Å². The van der Waals surface area contributed by atoms with E-state index in [0.29, 0.717) is 18.4 Å². The monoisotopic (exact) mass is 211 g/mol. The summed E-state index contributed by atoms with van der Waals surface area (Å²) in [4.78, 5) is 10.8. The van der Waals surface area contributed by atoms with Crippen molar-refractivity contribution >= 4 is 6.29 Å². The smallest absolute Gasteiger partial charge is 0.159 e. The quantitative estimate of drug-likeness (QED) is 0.774. The summed E-state index contributed by atoms with van der Waals surface area (Å²) in [7, 11) is 0. The van der Waals surface area contributed by atoms with E-state index in [1.165, 1.54) is 0 Å². The van der Waals surface area contributed by atoms with E-state index < -0.39 is 11.6 Å². The first kappa shape index (κ1) is 10.2. The molecule has 0 spiro atoms. The average molecular weight is 211 g/mol. The lowest BCUT2D eigenvalue weighted by Gasteiger charge is -2.15. The maximum absolute atomic E-state index is 13.1. The lowest BCUT2D eigenvalue weighted by molar-refractivity contribution is 0.112. The van der Waals surface area contributed by atoms with E-state index in [4.69, 9.17) is 5.73 Å². The number of nitrogens with two attached hydrogens (primary N) is 1. The van der Waals surface area contributed by atoms with Gasteiger partial charge in [-0.3, -0.25) is 4.79 Å². The summed E-state index contributed by atoms with van der Waals surface area (Å²) in [5.41, 5.74) is 6.03. The molecule has 0 heterocycles. The third kappa shape index (κ3) is 1.55. The molecule has 80 valence electrons. The number of benzene rings is 1. The largest absolute Gasteiger partial charge is 0.330 e. The van der Waals surface area contributed by atoms with Crippen LogP contribution >= 0.6 is 0 Å². The van der Waals surface area contributed by atoms with Gasteiger partial charge in [-0.1, -0.05) is 0 Å². The van der Waals surface area contributed by atoms with Crippen LogP contribution in [0.4, 0.5) is 8.78 Å². The number of hydrogen-bond donors (Lipinski definition) is 1. The lowest BCUT2D eigenvalue weighted by Crippen LogP contribution is -2.21. The third-order valence-electron chi connectivity index (χ3n) is 3.04. The molecule has 1 saturated carbocycles. The summed E-state index contributed by atoms with van der Waals surface area (Å²) in [6.07, 6.45) is 2.21. The van der Waals surface area contributed by atoms with Crippen molar-refractivity contribution in [2.75, 3.05) is 6.54 Å². The van der Waals surface area contributed by atoms with Crippen molar-refractivity contribution < 1.29 is 13.6 Å². The van der Waals surface area contributed by atoms with Crippen LogP contribution in [0.15, 0.2) is 12.1 Å². The van der Waals surface area contributed by atoms with Crippen molar-refractivity contribution in [3.63, 3.8) is 0 Å². The van der Waals surface area contributed by atoms with E-state index >= 15 is 0 Å². The van der Waals surface area contributed by atoms with Gasteiger partial charge in [0.2, 0.25) is 0 Å². The number of aldehydes is 1. The van der Waals surface area contributed by atoms with Crippen LogP contribution in [0.3, 0.4) is 0 Å². The van der Waals surface area contributed by atoms with Gasteiger partial charge in [0, 0.05) is 17.5 Å². The Morgan fingerprint density at radius 2 is 1.93 bits per heavy atom. The minimum atomic E-state index is -0.992. The highest BCUT2D eigenvalue weighted by Crippen LogP contribution is 2.48. The summed E-state index contributed by atoms with van der Waals surface area (Å²) in [5.74, 6) is -1.91. The zero-order valence-electron chi connectivity index (χ0n) is 8.09. The third-order valence-corrected chi connectivity index (χ3v) is 3.04. The molecule has 2 N–H and O–H groups in total. The highest BCUT2D eigenvalue weighted by Gasteiger charge is 2.44. The van der Waals surface area contributed by atoms with E-state index in [2.05, 4.69) is 0 Å². The minimum absolute atomic E-state index is 0.205. The fourth-order valence-corrected chi connectivity index (χ4v) is 1.85. The number of carbonyl (C=O) groups excluding carboxylic acids is 1. The zero-order chi connectivity index (χ0) is 11.1. The Morgan fingerprint density at radius 3 is 2.40 bits per heavy atom. The van der Waals surface area contributed by atoms with Crippen molar-refractivity contribution in [2.24, 2.45) is 5.73 Å². The Morgan fingerprint density at radius 1 is 1.33 bits per heavy atom. The van der Waals surface area contributed by atoms with E-state index in [1.54, 1.807) is 0 Å². The fourth-order valence-electron chi connectivity index (χ4n) is 1.85. The number of hydrogen-bond acceptors (Lipinski definition) is 2. The lowest BCUT2D eigenvalue weighted by atomic mass is 9.91. The molecule has 1 aliphatic rings. The van der Waals surface area contributed by atoms with Crippen LogP contribution in [0.5, 0.6) is 0 Å². The molecule has 1 fully saturated rings. The van der Waals surface area contributed by atoms with Crippen LogP contribution in [0, 0.1) is 11.6 Å². The fraction of sp³-hybridized carbons (Fsp3) is 0.364. The van der Waals surface area contributed by atoms with Crippen LogP contribution in [0.25, 0.3) is 0 Å². The van der Waals surface area contributed by atoms with Crippen molar-refractivity contribution in [3.8, 4) is 0 Å². The first-order valence-corrected chi connectivity index (χ1v) is 4.78. The molecule has 1 aromatic carbocycles. The Bertz CT molecular complexity index is 413. The topological polar surface area (TPSA) is 43.1 Å². The molecule has 0 saturated heterocycles. The van der Waals surface area contributed by atoms with Gasteiger partial charge in [0.25, 0.3) is 0 Å². The van der Waals surface area contributed by atoms with Crippen molar-refractivity contribution in [1.29, 1.82) is 0 Å². The van der Waals surface area contributed by atoms with Gasteiger partial charge < -0.3 is 5.73 Å². The van der Waals surface area contributed by atoms with Crippen molar-refractivity contribution in [2.45, 2.75) is 18.3 Å². The summed E-state index contributed by atoms with van der Waals surface area (Å²) >= 11 is 0. The van der Waals surface area contributed by atoms with E-state index in [9.17, 15) is 13.6 Å². The molecule has 4 heteroatoms. The molecule has 2 nitrogen and oxygen atoms in total. The van der Waals surface area contributed by atoms with Crippen LogP contribution in [0.1, 0.15) is 28.8 Å². The van der Waals surface area contributed by atoms with Gasteiger partial charge >= 0.3 is 0 Å². The van der Waals surface area contributed by atoms with Gasteiger partial charge in [0.15, 0.2) is 11.6 Å². The van der Waals surface area contributed by atoms with Crippen molar-refractivity contribution in [3.05, 3.63) is 34.9 Å². The zero-order valence-corrected chi connectivity index (χ0v) is 8.09. The molecule has 1 aliphatic carbocycles. The second-order valence-electron chi connectivity index (χ2n) is 3.96. The number of halogens is 2. The van der Waals surface area contributed by atoms with Crippen LogP contribution in [-0.2, 0) is 5.41 Å². The van der Waals surface area contributed by atoms with Crippen LogP contribution < -0.4 is 5.73 Å². The molecular weight excluding hydrogens is 200 g/mol. The summed E-state index contributed by atoms with van der Waals surface area (Å²) in [6.45, 7) is 0.360. The summed E-state index contributed by atoms with van der Waals surface area (Å²) < 4.78 is 26.0. The van der Waals surface area contributed by atoms with E-state index in [-0.39, 0.29) is 11.0 Å². The summed E-state index contributed by atoms with van der Waals surface area (Å²) in [6, 6.07) is 2.03. The van der Waals surface area contributed by atoms with Crippen LogP contribution in [-0.4, -0.2) is 12.8 Å². The molecule has 0 atom stereocenters. The predicted octanol–water partition coefficient (Wildman–Crippen LogP) is 1.77. The van der Waals surface area contributed by atoms with Gasteiger partial charge in [0.05, 0.1) is 0 Å². The van der Waals surface area contributed by atoms with E-state index in [1.807, 2.05) is 0 Å². The van der Waals surface area contributed by atoms with Gasteiger partial charge in [-0.05, 0) is 30.5 Å². The maximum atomic E-state index is 13.1. The Hall–Kier alpha value is -1.29. The highest BCUT2D eigenvalue weighted by molar-refractivity contribution is 5.78. The first-order valence-electron chi connectivity index (χ1n) is 4.78. The first-order chi connectivity index (χ1) is 7.13. The molecule has 2 rings (SSSR count). The highest BCUT2D eigenvalue weighted by atomic mass is 19.2.